The van der Waals surface area contributed by atoms with Gasteiger partial charge in [-0.2, -0.15) is 0 Å². The highest BCUT2D eigenvalue weighted by Gasteiger charge is 2.33. The van der Waals surface area contributed by atoms with Gasteiger partial charge in [0.05, 0.1) is 18.1 Å². The Bertz CT molecular complexity index is 637. The quantitative estimate of drug-likeness (QED) is 0.781. The van der Waals surface area contributed by atoms with Crippen molar-refractivity contribution in [2.75, 3.05) is 13.0 Å². The van der Waals surface area contributed by atoms with Gasteiger partial charge < -0.3 is 9.30 Å². The molecular formula is C17H23ClN2O. The van der Waals surface area contributed by atoms with Crippen LogP contribution in [0.5, 0.6) is 5.75 Å². The monoisotopic (exact) mass is 306 g/mol. The summed E-state index contributed by atoms with van der Waals surface area (Å²) < 4.78 is 7.76. The first-order chi connectivity index (χ1) is 10.2. The Morgan fingerprint density at radius 1 is 1.33 bits per heavy atom. The van der Waals surface area contributed by atoms with Crippen molar-refractivity contribution in [3.05, 3.63) is 24.0 Å². The molecule has 1 fully saturated rings. The highest BCUT2D eigenvalue weighted by Crippen LogP contribution is 2.42. The van der Waals surface area contributed by atoms with E-state index in [-0.39, 0.29) is 0 Å². The van der Waals surface area contributed by atoms with Crippen LogP contribution in [0.1, 0.15) is 38.6 Å². The van der Waals surface area contributed by atoms with E-state index in [1.54, 1.807) is 7.11 Å². The van der Waals surface area contributed by atoms with Gasteiger partial charge in [-0.15, -0.1) is 11.6 Å². The van der Waals surface area contributed by atoms with Gasteiger partial charge in [0.2, 0.25) is 0 Å². The van der Waals surface area contributed by atoms with Crippen LogP contribution in [0.15, 0.2) is 18.2 Å². The molecule has 1 aromatic heterocycles. The maximum Gasteiger partial charge on any atom is 0.121 e. The van der Waals surface area contributed by atoms with E-state index in [2.05, 4.69) is 24.5 Å². The molecule has 0 saturated heterocycles. The largest absolute Gasteiger partial charge is 0.497 e. The molecule has 3 nitrogen and oxygen atoms in total. The van der Waals surface area contributed by atoms with Crippen molar-refractivity contribution in [3.63, 3.8) is 0 Å². The van der Waals surface area contributed by atoms with Crippen LogP contribution in [0.4, 0.5) is 0 Å². The molecule has 1 aromatic carbocycles. The number of ether oxygens (including phenoxy) is 1. The molecule has 3 unspecified atom stereocenters. The Hall–Kier alpha value is -1.22. The van der Waals surface area contributed by atoms with E-state index < -0.39 is 0 Å². The molecule has 0 amide bonds. The molecule has 0 bridgehead atoms. The number of aromatic nitrogens is 2. The van der Waals surface area contributed by atoms with Gasteiger partial charge >= 0.3 is 0 Å². The van der Waals surface area contributed by atoms with Crippen molar-refractivity contribution in [3.8, 4) is 5.75 Å². The van der Waals surface area contributed by atoms with Gasteiger partial charge in [0.25, 0.3) is 0 Å². The van der Waals surface area contributed by atoms with E-state index in [0.29, 0.717) is 17.8 Å². The van der Waals surface area contributed by atoms with Crippen LogP contribution in [-0.4, -0.2) is 22.5 Å². The van der Waals surface area contributed by atoms with Crippen LogP contribution in [0, 0.1) is 11.8 Å². The normalized spacial score (nSPS) is 25.6. The predicted molar refractivity (Wildman–Crippen MR) is 87.3 cm³/mol. The zero-order valence-corrected chi connectivity index (χ0v) is 13.7. The molecule has 0 spiro atoms. The highest BCUT2D eigenvalue weighted by atomic mass is 35.5. The third kappa shape index (κ3) is 2.52. The van der Waals surface area contributed by atoms with Crippen LogP contribution in [0.25, 0.3) is 11.0 Å². The van der Waals surface area contributed by atoms with Crippen molar-refractivity contribution < 1.29 is 4.74 Å². The molecule has 114 valence electrons. The van der Waals surface area contributed by atoms with Crippen molar-refractivity contribution in [1.29, 1.82) is 0 Å². The van der Waals surface area contributed by atoms with E-state index in [1.165, 1.54) is 18.4 Å². The lowest BCUT2D eigenvalue weighted by atomic mass is 9.97. The van der Waals surface area contributed by atoms with Gasteiger partial charge in [-0.3, -0.25) is 0 Å². The number of hydrogen-bond acceptors (Lipinski definition) is 2. The zero-order chi connectivity index (χ0) is 15.0. The number of hydrogen-bond donors (Lipinski definition) is 0. The molecule has 21 heavy (non-hydrogen) atoms. The fourth-order valence-corrected chi connectivity index (χ4v) is 3.76. The first-order valence-corrected chi connectivity index (χ1v) is 8.30. The third-order valence-electron chi connectivity index (χ3n) is 5.04. The average Bonchev–Trinajstić information content (AvgIpc) is 2.99. The maximum atomic E-state index is 5.99. The smallest absolute Gasteiger partial charge is 0.121 e. The lowest BCUT2D eigenvalue weighted by molar-refractivity contribution is 0.352. The fourth-order valence-electron chi connectivity index (χ4n) is 3.59. The molecule has 1 aliphatic rings. The summed E-state index contributed by atoms with van der Waals surface area (Å²) in [6.07, 6.45) is 3.34. The molecule has 3 atom stereocenters. The minimum Gasteiger partial charge on any atom is -0.497 e. The SMILES string of the molecule is COc1ccc2c(c1)nc(CCCl)n2C1CCC(C)C1C. The van der Waals surface area contributed by atoms with Crippen molar-refractivity contribution >= 4 is 22.6 Å². The first-order valence-electron chi connectivity index (χ1n) is 7.76. The third-order valence-corrected chi connectivity index (χ3v) is 5.23. The van der Waals surface area contributed by atoms with E-state index in [1.807, 2.05) is 12.1 Å². The summed E-state index contributed by atoms with van der Waals surface area (Å²) in [6.45, 7) is 4.72. The van der Waals surface area contributed by atoms with Gasteiger partial charge in [-0.25, -0.2) is 4.98 Å². The summed E-state index contributed by atoms with van der Waals surface area (Å²) in [4.78, 5) is 4.81. The number of aryl methyl sites for hydroxylation is 1. The summed E-state index contributed by atoms with van der Waals surface area (Å²) in [5.74, 6) is 4.03. The topological polar surface area (TPSA) is 27.1 Å². The van der Waals surface area contributed by atoms with Crippen LogP contribution in [0.2, 0.25) is 0 Å². The van der Waals surface area contributed by atoms with Gasteiger partial charge in [-0.1, -0.05) is 13.8 Å². The summed E-state index contributed by atoms with van der Waals surface area (Å²) in [5, 5.41) is 0. The fraction of sp³-hybridized carbons (Fsp3) is 0.588. The second kappa shape index (κ2) is 5.88. The Morgan fingerprint density at radius 2 is 2.14 bits per heavy atom. The number of imidazole rings is 1. The minimum atomic E-state index is 0.539. The lowest BCUT2D eigenvalue weighted by Gasteiger charge is -2.22. The molecule has 1 heterocycles. The Morgan fingerprint density at radius 3 is 2.76 bits per heavy atom. The van der Waals surface area contributed by atoms with Gasteiger partial charge in [-0.05, 0) is 36.8 Å². The minimum absolute atomic E-state index is 0.539. The predicted octanol–water partition coefficient (Wildman–Crippen LogP) is 4.43. The summed E-state index contributed by atoms with van der Waals surface area (Å²) in [7, 11) is 1.69. The number of methoxy groups -OCH3 is 1. The van der Waals surface area contributed by atoms with Gasteiger partial charge in [0.1, 0.15) is 11.6 Å². The molecule has 1 aliphatic carbocycles. The number of fused-ring (bicyclic) bond motifs is 1. The molecule has 0 radical (unpaired) electrons. The number of halogens is 1. The first kappa shape index (κ1) is 14.7. The zero-order valence-electron chi connectivity index (χ0n) is 13.0. The standard InChI is InChI=1S/C17H23ClN2O/c1-11-4-6-15(12(11)2)20-16-7-5-13(21-3)10-14(16)19-17(20)8-9-18/h5,7,10-12,15H,4,6,8-9H2,1-3H3. The molecule has 3 rings (SSSR count). The number of alkyl halides is 1. The molecule has 4 heteroatoms. The number of benzene rings is 1. The van der Waals surface area contributed by atoms with Crippen LogP contribution in [-0.2, 0) is 6.42 Å². The number of rotatable bonds is 4. The average molecular weight is 307 g/mol. The molecule has 1 saturated carbocycles. The highest BCUT2D eigenvalue weighted by molar-refractivity contribution is 6.17. The molecular weight excluding hydrogens is 284 g/mol. The van der Waals surface area contributed by atoms with E-state index >= 15 is 0 Å². The Kier molecular flexibility index (Phi) is 4.12. The second-order valence-electron chi connectivity index (χ2n) is 6.17. The van der Waals surface area contributed by atoms with Crippen LogP contribution in [0.3, 0.4) is 0 Å². The van der Waals surface area contributed by atoms with Gasteiger partial charge in [0.15, 0.2) is 0 Å². The van der Waals surface area contributed by atoms with E-state index in [9.17, 15) is 0 Å². The molecule has 2 aromatic rings. The Balaban J connectivity index is 2.12. The summed E-state index contributed by atoms with van der Waals surface area (Å²) in [5.41, 5.74) is 2.23. The van der Waals surface area contributed by atoms with E-state index in [0.717, 1.165) is 29.4 Å². The lowest BCUT2D eigenvalue weighted by Crippen LogP contribution is -2.17. The Labute approximate surface area is 131 Å². The van der Waals surface area contributed by atoms with Gasteiger partial charge in [0, 0.05) is 24.4 Å². The molecule has 0 N–H and O–H groups in total. The summed E-state index contributed by atoms with van der Waals surface area (Å²) >= 11 is 5.99. The van der Waals surface area contributed by atoms with E-state index in [4.69, 9.17) is 21.3 Å². The number of nitrogens with zero attached hydrogens (tertiary/aromatic N) is 2. The van der Waals surface area contributed by atoms with Crippen molar-refractivity contribution in [2.24, 2.45) is 11.8 Å². The summed E-state index contributed by atoms with van der Waals surface area (Å²) in [6, 6.07) is 6.71. The second-order valence-corrected chi connectivity index (χ2v) is 6.55. The molecule has 0 aliphatic heterocycles. The van der Waals surface area contributed by atoms with Crippen LogP contribution < -0.4 is 4.74 Å². The van der Waals surface area contributed by atoms with Crippen molar-refractivity contribution in [1.82, 2.24) is 9.55 Å². The van der Waals surface area contributed by atoms with Crippen molar-refractivity contribution in [2.45, 2.75) is 39.2 Å². The maximum absolute atomic E-state index is 5.99. The van der Waals surface area contributed by atoms with Crippen LogP contribution >= 0.6 is 11.6 Å².